The number of halogens is 3. The highest BCUT2D eigenvalue weighted by molar-refractivity contribution is 5.67. The predicted octanol–water partition coefficient (Wildman–Crippen LogP) is 2.61. The number of carbonyl (C=O) groups excluding carboxylic acids is 1. The van der Waals surface area contributed by atoms with E-state index in [1.54, 1.807) is 18.2 Å². The Labute approximate surface area is 112 Å². The molecule has 0 saturated heterocycles. The number of nitrogens with one attached hydrogen (secondary N) is 1. The third kappa shape index (κ3) is 2.65. The molecule has 1 N–H and O–H groups in total. The van der Waals surface area contributed by atoms with Gasteiger partial charge in [0.15, 0.2) is 6.04 Å². The Morgan fingerprint density at radius 3 is 2.55 bits per heavy atom. The van der Waals surface area contributed by atoms with Crippen molar-refractivity contribution in [1.82, 2.24) is 10.5 Å². The van der Waals surface area contributed by atoms with E-state index in [9.17, 15) is 18.0 Å². The Kier molecular flexibility index (Phi) is 3.77. The highest BCUT2D eigenvalue weighted by atomic mass is 19.4. The van der Waals surface area contributed by atoms with E-state index in [4.69, 9.17) is 0 Å². The van der Waals surface area contributed by atoms with Crippen molar-refractivity contribution in [2.75, 3.05) is 7.11 Å². The van der Waals surface area contributed by atoms with Crippen LogP contribution in [0.4, 0.5) is 18.0 Å². The maximum Gasteiger partial charge on any atom is 0.430 e. The average Bonchev–Trinajstić information content (AvgIpc) is 2.45. The minimum absolute atomic E-state index is 0.282. The molecule has 1 amide bonds. The van der Waals surface area contributed by atoms with Gasteiger partial charge in [0.05, 0.1) is 7.11 Å². The molecule has 0 radical (unpaired) electrons. The number of hydrogen-bond acceptors (Lipinski definition) is 5. The Morgan fingerprint density at radius 2 is 2.00 bits per heavy atom. The van der Waals surface area contributed by atoms with Gasteiger partial charge in [0.2, 0.25) is 0 Å². The molecule has 108 valence electrons. The molecule has 0 saturated carbocycles. The molecule has 0 fully saturated rings. The van der Waals surface area contributed by atoms with Crippen molar-refractivity contribution in [2.24, 2.45) is 10.3 Å². The number of ether oxygens (including phenoxy) is 1. The second-order valence-electron chi connectivity index (χ2n) is 4.00. The minimum atomic E-state index is -4.69. The summed E-state index contributed by atoms with van der Waals surface area (Å²) in [7, 11) is 0.987. The van der Waals surface area contributed by atoms with Crippen molar-refractivity contribution in [1.29, 1.82) is 0 Å². The van der Waals surface area contributed by atoms with Crippen LogP contribution in [0.25, 0.3) is 0 Å². The molecular weight excluding hydrogens is 277 g/mol. The van der Waals surface area contributed by atoms with E-state index in [0.29, 0.717) is 5.56 Å². The summed E-state index contributed by atoms with van der Waals surface area (Å²) in [6, 6.07) is 4.27. The number of nitrogens with zero attached hydrogens (tertiary/aromatic N) is 3. The van der Waals surface area contributed by atoms with Crippen molar-refractivity contribution in [3.8, 4) is 0 Å². The molecule has 1 aromatic carbocycles. The normalized spacial score (nSPS) is 22.3. The van der Waals surface area contributed by atoms with Gasteiger partial charge >= 0.3 is 12.3 Å². The Morgan fingerprint density at radius 1 is 1.35 bits per heavy atom. The number of amides is 1. The molecule has 9 heteroatoms. The van der Waals surface area contributed by atoms with Crippen LogP contribution in [0.1, 0.15) is 11.6 Å². The van der Waals surface area contributed by atoms with E-state index < -0.39 is 24.4 Å². The molecule has 0 aromatic heterocycles. The molecule has 1 heterocycles. The average molecular weight is 288 g/mol. The first-order valence-corrected chi connectivity index (χ1v) is 5.59. The molecule has 1 aliphatic heterocycles. The van der Waals surface area contributed by atoms with Gasteiger partial charge < -0.3 is 4.74 Å². The van der Waals surface area contributed by atoms with E-state index in [0.717, 1.165) is 7.11 Å². The zero-order chi connectivity index (χ0) is 14.8. The molecule has 0 bridgehead atoms. The van der Waals surface area contributed by atoms with Gasteiger partial charge in [-0.15, -0.1) is 0 Å². The van der Waals surface area contributed by atoms with Gasteiger partial charge in [0.1, 0.15) is 6.04 Å². The lowest BCUT2D eigenvalue weighted by Crippen LogP contribution is -2.58. The summed E-state index contributed by atoms with van der Waals surface area (Å²) in [5.41, 5.74) is 2.22. The van der Waals surface area contributed by atoms with Crippen LogP contribution in [0.15, 0.2) is 40.7 Å². The van der Waals surface area contributed by atoms with Gasteiger partial charge in [-0.3, -0.25) is 0 Å². The lowest BCUT2D eigenvalue weighted by Gasteiger charge is -2.36. The van der Waals surface area contributed by atoms with Crippen LogP contribution in [-0.4, -0.2) is 30.4 Å². The number of hydrogen-bond donors (Lipinski definition) is 1. The molecule has 0 spiro atoms. The van der Waals surface area contributed by atoms with Crippen LogP contribution in [0.3, 0.4) is 0 Å². The Hall–Kier alpha value is -2.32. The van der Waals surface area contributed by atoms with Crippen molar-refractivity contribution < 1.29 is 22.7 Å². The van der Waals surface area contributed by atoms with Gasteiger partial charge in [-0.05, 0) is 5.56 Å². The second-order valence-corrected chi connectivity index (χ2v) is 4.00. The topological polar surface area (TPSA) is 66.3 Å². The lowest BCUT2D eigenvalue weighted by atomic mass is 9.99. The summed E-state index contributed by atoms with van der Waals surface area (Å²) in [6.07, 6.45) is -5.88. The van der Waals surface area contributed by atoms with Crippen molar-refractivity contribution in [3.05, 3.63) is 35.9 Å². The third-order valence-corrected chi connectivity index (χ3v) is 2.76. The van der Waals surface area contributed by atoms with Gasteiger partial charge in [-0.1, -0.05) is 35.6 Å². The fraction of sp³-hybridized carbons (Fsp3) is 0.364. The molecule has 2 rings (SSSR count). The fourth-order valence-corrected chi connectivity index (χ4v) is 1.88. The highest BCUT2D eigenvalue weighted by Gasteiger charge is 2.53. The summed E-state index contributed by atoms with van der Waals surface area (Å²) in [5, 5.41) is 7.19. The molecule has 1 aliphatic rings. The summed E-state index contributed by atoms with van der Waals surface area (Å²) in [5.74, 6) is 0. The number of benzene rings is 1. The van der Waals surface area contributed by atoms with Gasteiger partial charge in [-0.2, -0.15) is 28.8 Å². The molecule has 2 atom stereocenters. The summed E-state index contributed by atoms with van der Waals surface area (Å²) < 4.78 is 44.0. The molecular formula is C11H11F3N4O2. The smallest absolute Gasteiger partial charge is 0.430 e. The molecule has 6 nitrogen and oxygen atoms in total. The molecule has 1 aromatic rings. The zero-order valence-electron chi connectivity index (χ0n) is 10.3. The third-order valence-electron chi connectivity index (χ3n) is 2.76. The predicted molar refractivity (Wildman–Crippen MR) is 61.3 cm³/mol. The summed E-state index contributed by atoms with van der Waals surface area (Å²) >= 11 is 0. The largest absolute Gasteiger partial charge is 0.451 e. The van der Waals surface area contributed by atoms with Gasteiger partial charge in [-0.25, -0.2) is 4.79 Å². The minimum Gasteiger partial charge on any atom is -0.451 e. The number of rotatable bonds is 1. The van der Waals surface area contributed by atoms with E-state index in [1.807, 2.05) is 5.53 Å². The Balaban J connectivity index is 2.42. The van der Waals surface area contributed by atoms with Crippen molar-refractivity contribution in [2.45, 2.75) is 18.3 Å². The van der Waals surface area contributed by atoms with Crippen LogP contribution >= 0.6 is 0 Å². The van der Waals surface area contributed by atoms with Crippen LogP contribution in [0, 0.1) is 0 Å². The molecule has 20 heavy (non-hydrogen) atoms. The lowest BCUT2D eigenvalue weighted by molar-refractivity contribution is -0.197. The number of carbonyl (C=O) groups is 1. The summed E-state index contributed by atoms with van der Waals surface area (Å²) in [6.45, 7) is 0. The second kappa shape index (κ2) is 5.35. The van der Waals surface area contributed by atoms with Crippen molar-refractivity contribution >= 4 is 6.09 Å². The first-order valence-electron chi connectivity index (χ1n) is 5.59. The van der Waals surface area contributed by atoms with Crippen molar-refractivity contribution in [3.63, 3.8) is 0 Å². The number of hydrazine groups is 1. The van der Waals surface area contributed by atoms with Gasteiger partial charge in [0.25, 0.3) is 0 Å². The van der Waals surface area contributed by atoms with Crippen LogP contribution in [0.2, 0.25) is 0 Å². The number of alkyl halides is 3. The first-order chi connectivity index (χ1) is 9.45. The fourth-order valence-electron chi connectivity index (χ4n) is 1.88. The van der Waals surface area contributed by atoms with Crippen LogP contribution in [0.5, 0.6) is 0 Å². The maximum atomic E-state index is 13.2. The number of methoxy groups -OCH3 is 1. The maximum absolute atomic E-state index is 13.2. The van der Waals surface area contributed by atoms with Crippen LogP contribution < -0.4 is 5.53 Å². The highest BCUT2D eigenvalue weighted by Crippen LogP contribution is 2.37. The van der Waals surface area contributed by atoms with E-state index in [2.05, 4.69) is 15.1 Å². The van der Waals surface area contributed by atoms with E-state index in [1.165, 1.54) is 12.1 Å². The van der Waals surface area contributed by atoms with E-state index >= 15 is 0 Å². The van der Waals surface area contributed by atoms with Gasteiger partial charge in [0, 0.05) is 0 Å². The quantitative estimate of drug-likeness (QED) is 0.863. The van der Waals surface area contributed by atoms with Crippen LogP contribution in [-0.2, 0) is 4.74 Å². The van der Waals surface area contributed by atoms with E-state index in [-0.39, 0.29) is 5.01 Å². The summed E-state index contributed by atoms with van der Waals surface area (Å²) in [4.78, 5) is 11.4. The first kappa shape index (κ1) is 14.1. The standard InChI is InChI=1S/C11H11F3N4O2/c1-20-10(19)18-9(11(12,13)14)8(15-16-17-18)7-5-3-2-4-6-7/h2-6,8-9H,1H3,(H,15,17). The SMILES string of the molecule is COC(=O)N1NN=NC(c2ccccc2)C1C(F)(F)F. The molecule has 2 unspecified atom stereocenters. The zero-order valence-corrected chi connectivity index (χ0v) is 10.3. The Bertz CT molecular complexity index is 506. The molecule has 0 aliphatic carbocycles. The monoisotopic (exact) mass is 288 g/mol.